The third-order valence-corrected chi connectivity index (χ3v) is 6.12. The summed E-state index contributed by atoms with van der Waals surface area (Å²) in [5.74, 6) is 1.21. The summed E-state index contributed by atoms with van der Waals surface area (Å²) in [5, 5.41) is 9.25. The van der Waals surface area contributed by atoms with Crippen LogP contribution in [0.25, 0.3) is 0 Å². The van der Waals surface area contributed by atoms with Gasteiger partial charge in [0.1, 0.15) is 0 Å². The highest BCUT2D eigenvalue weighted by atomic mass is 32.2. The van der Waals surface area contributed by atoms with Crippen molar-refractivity contribution in [1.29, 1.82) is 0 Å². The standard InChI is InChI=1S/C16H25NO3S/c1-12-6-8-14(9-7-12)10-17-21(19,20)16-5-3-4-15(11-18)13(16)2/h3-5,12,14,17-18H,6-11H2,1-2H3. The first-order valence-corrected chi connectivity index (χ1v) is 9.11. The number of hydrogen-bond acceptors (Lipinski definition) is 3. The average Bonchev–Trinajstić information content (AvgIpc) is 2.47. The van der Waals surface area contributed by atoms with E-state index in [1.165, 1.54) is 12.8 Å². The van der Waals surface area contributed by atoms with Gasteiger partial charge in [-0.3, -0.25) is 0 Å². The molecule has 2 N–H and O–H groups in total. The summed E-state index contributed by atoms with van der Waals surface area (Å²) < 4.78 is 27.6. The molecule has 0 heterocycles. The van der Waals surface area contributed by atoms with Crippen molar-refractivity contribution in [2.45, 2.75) is 51.0 Å². The van der Waals surface area contributed by atoms with E-state index >= 15 is 0 Å². The summed E-state index contributed by atoms with van der Waals surface area (Å²) in [7, 11) is -3.50. The number of benzene rings is 1. The van der Waals surface area contributed by atoms with E-state index in [4.69, 9.17) is 0 Å². The molecule has 0 atom stereocenters. The Labute approximate surface area is 127 Å². The van der Waals surface area contributed by atoms with Crippen molar-refractivity contribution in [3.05, 3.63) is 29.3 Å². The Kier molecular flexibility index (Phi) is 5.41. The zero-order valence-corrected chi connectivity index (χ0v) is 13.6. The molecule has 1 aromatic carbocycles. The normalized spacial score (nSPS) is 23.2. The van der Waals surface area contributed by atoms with Gasteiger partial charge in [-0.1, -0.05) is 31.9 Å². The molecular weight excluding hydrogens is 286 g/mol. The molecule has 0 aliphatic heterocycles. The number of rotatable bonds is 5. The second-order valence-electron chi connectivity index (χ2n) is 6.18. The minimum atomic E-state index is -3.50. The third kappa shape index (κ3) is 4.05. The molecule has 1 aromatic rings. The number of hydrogen-bond donors (Lipinski definition) is 2. The summed E-state index contributed by atoms with van der Waals surface area (Å²) >= 11 is 0. The average molecular weight is 311 g/mol. The van der Waals surface area contributed by atoms with Crippen LogP contribution in [0.2, 0.25) is 0 Å². The molecule has 1 aliphatic rings. The SMILES string of the molecule is Cc1c(CO)cccc1S(=O)(=O)NCC1CCC(C)CC1. The predicted octanol–water partition coefficient (Wildman–Crippen LogP) is 2.59. The van der Waals surface area contributed by atoms with Gasteiger partial charge in [0.15, 0.2) is 0 Å². The first kappa shape index (κ1) is 16.5. The Morgan fingerprint density at radius 2 is 1.90 bits per heavy atom. The van der Waals surface area contributed by atoms with E-state index in [0.717, 1.165) is 18.8 Å². The Morgan fingerprint density at radius 1 is 1.24 bits per heavy atom. The van der Waals surface area contributed by atoms with Gasteiger partial charge < -0.3 is 5.11 Å². The number of sulfonamides is 1. The van der Waals surface area contributed by atoms with Crippen LogP contribution in [0.4, 0.5) is 0 Å². The van der Waals surface area contributed by atoms with Crippen molar-refractivity contribution in [3.63, 3.8) is 0 Å². The largest absolute Gasteiger partial charge is 0.392 e. The summed E-state index contributed by atoms with van der Waals surface area (Å²) in [6.45, 7) is 4.36. The van der Waals surface area contributed by atoms with Gasteiger partial charge in [0, 0.05) is 6.54 Å². The molecule has 0 radical (unpaired) electrons. The maximum absolute atomic E-state index is 12.4. The van der Waals surface area contributed by atoms with Crippen molar-refractivity contribution in [3.8, 4) is 0 Å². The van der Waals surface area contributed by atoms with E-state index in [-0.39, 0.29) is 11.5 Å². The monoisotopic (exact) mass is 311 g/mol. The fraction of sp³-hybridized carbons (Fsp3) is 0.625. The van der Waals surface area contributed by atoms with Crippen molar-refractivity contribution in [2.75, 3.05) is 6.54 Å². The Bertz CT molecular complexity index is 575. The van der Waals surface area contributed by atoms with Crippen LogP contribution in [0, 0.1) is 18.8 Å². The lowest BCUT2D eigenvalue weighted by Gasteiger charge is -2.26. The zero-order valence-electron chi connectivity index (χ0n) is 12.8. The lowest BCUT2D eigenvalue weighted by atomic mass is 9.83. The van der Waals surface area contributed by atoms with Crippen LogP contribution in [-0.2, 0) is 16.6 Å². The van der Waals surface area contributed by atoms with Crippen LogP contribution in [0.3, 0.4) is 0 Å². The van der Waals surface area contributed by atoms with E-state index < -0.39 is 10.0 Å². The number of nitrogens with one attached hydrogen (secondary N) is 1. The summed E-state index contributed by atoms with van der Waals surface area (Å²) in [6, 6.07) is 5.02. The summed E-state index contributed by atoms with van der Waals surface area (Å²) in [4.78, 5) is 0.276. The second kappa shape index (κ2) is 6.90. The number of aliphatic hydroxyl groups is 1. The fourth-order valence-electron chi connectivity index (χ4n) is 2.96. The molecule has 0 unspecified atom stereocenters. The molecule has 0 spiro atoms. The van der Waals surface area contributed by atoms with Gasteiger partial charge in [0.2, 0.25) is 10.0 Å². The highest BCUT2D eigenvalue weighted by Gasteiger charge is 2.22. The third-order valence-electron chi connectivity index (χ3n) is 4.55. The maximum atomic E-state index is 12.4. The van der Waals surface area contributed by atoms with Gasteiger partial charge >= 0.3 is 0 Å². The van der Waals surface area contributed by atoms with E-state index in [2.05, 4.69) is 11.6 Å². The smallest absolute Gasteiger partial charge is 0.240 e. The molecular formula is C16H25NO3S. The van der Waals surface area contributed by atoms with E-state index in [1.54, 1.807) is 25.1 Å². The van der Waals surface area contributed by atoms with Crippen LogP contribution in [0.5, 0.6) is 0 Å². The van der Waals surface area contributed by atoms with E-state index in [0.29, 0.717) is 23.6 Å². The van der Waals surface area contributed by atoms with Crippen LogP contribution in [-0.4, -0.2) is 20.1 Å². The first-order chi connectivity index (χ1) is 9.94. The van der Waals surface area contributed by atoms with Crippen LogP contribution in [0.1, 0.15) is 43.7 Å². The van der Waals surface area contributed by atoms with Gasteiger partial charge in [0.25, 0.3) is 0 Å². The highest BCUT2D eigenvalue weighted by Crippen LogP contribution is 2.28. The molecule has 0 amide bonds. The van der Waals surface area contributed by atoms with Gasteiger partial charge in [-0.25, -0.2) is 13.1 Å². The minimum Gasteiger partial charge on any atom is -0.392 e. The van der Waals surface area contributed by atoms with Gasteiger partial charge in [-0.2, -0.15) is 0 Å². The molecule has 1 fully saturated rings. The zero-order chi connectivity index (χ0) is 15.5. The molecule has 0 aromatic heterocycles. The lowest BCUT2D eigenvalue weighted by molar-refractivity contribution is 0.280. The van der Waals surface area contributed by atoms with Crippen molar-refractivity contribution in [2.24, 2.45) is 11.8 Å². The number of aliphatic hydroxyl groups excluding tert-OH is 1. The summed E-state index contributed by atoms with van der Waals surface area (Å²) in [6.07, 6.45) is 4.57. The van der Waals surface area contributed by atoms with Crippen molar-refractivity contribution in [1.82, 2.24) is 4.72 Å². The van der Waals surface area contributed by atoms with Crippen LogP contribution in [0.15, 0.2) is 23.1 Å². The lowest BCUT2D eigenvalue weighted by Crippen LogP contribution is -2.31. The Morgan fingerprint density at radius 3 is 2.52 bits per heavy atom. The van der Waals surface area contributed by atoms with Crippen molar-refractivity contribution >= 4 is 10.0 Å². The van der Waals surface area contributed by atoms with Gasteiger partial charge in [0.05, 0.1) is 11.5 Å². The Balaban J connectivity index is 2.05. The van der Waals surface area contributed by atoms with Crippen LogP contribution >= 0.6 is 0 Å². The minimum absolute atomic E-state index is 0.143. The fourth-order valence-corrected chi connectivity index (χ4v) is 4.36. The second-order valence-corrected chi connectivity index (χ2v) is 7.91. The first-order valence-electron chi connectivity index (χ1n) is 7.63. The highest BCUT2D eigenvalue weighted by molar-refractivity contribution is 7.89. The molecule has 1 aliphatic carbocycles. The van der Waals surface area contributed by atoms with E-state index in [9.17, 15) is 13.5 Å². The molecule has 0 bridgehead atoms. The molecule has 118 valence electrons. The quantitative estimate of drug-likeness (QED) is 0.878. The molecule has 0 saturated heterocycles. The van der Waals surface area contributed by atoms with Gasteiger partial charge in [-0.05, 0) is 48.8 Å². The summed E-state index contributed by atoms with van der Waals surface area (Å²) in [5.41, 5.74) is 1.29. The molecule has 21 heavy (non-hydrogen) atoms. The predicted molar refractivity (Wildman–Crippen MR) is 83.4 cm³/mol. The van der Waals surface area contributed by atoms with E-state index in [1.807, 2.05) is 0 Å². The maximum Gasteiger partial charge on any atom is 0.240 e. The van der Waals surface area contributed by atoms with Gasteiger partial charge in [-0.15, -0.1) is 0 Å². The molecule has 2 rings (SSSR count). The molecule has 1 saturated carbocycles. The molecule has 5 heteroatoms. The topological polar surface area (TPSA) is 66.4 Å². The Hall–Kier alpha value is -0.910. The van der Waals surface area contributed by atoms with Crippen molar-refractivity contribution < 1.29 is 13.5 Å². The molecule has 4 nitrogen and oxygen atoms in total. The van der Waals surface area contributed by atoms with Crippen LogP contribution < -0.4 is 4.72 Å².